The Hall–Kier alpha value is -2.37. The lowest BCUT2D eigenvalue weighted by Crippen LogP contribution is -1.79. The Balaban J connectivity index is 2.04. The molecule has 0 bridgehead atoms. The van der Waals surface area contributed by atoms with Crippen molar-refractivity contribution in [1.29, 1.82) is 0 Å². The number of rotatable bonds is 2. The van der Waals surface area contributed by atoms with E-state index in [1.165, 1.54) is 15.6 Å². The summed E-state index contributed by atoms with van der Waals surface area (Å²) in [5, 5.41) is 1.23. The quantitative estimate of drug-likeness (QED) is 0.534. The van der Waals surface area contributed by atoms with Crippen LogP contribution in [0.1, 0.15) is 16.0 Å². The summed E-state index contributed by atoms with van der Waals surface area (Å²) in [4.78, 5) is 4.79. The molecule has 0 radical (unpaired) electrons. The van der Waals surface area contributed by atoms with Gasteiger partial charge in [-0.05, 0) is 36.1 Å². The predicted octanol–water partition coefficient (Wildman–Crippen LogP) is 5.63. The molecule has 0 saturated carbocycles. The number of hydrogen-bond acceptors (Lipinski definition) is 1. The van der Waals surface area contributed by atoms with E-state index in [-0.39, 0.29) is 0 Å². The molecule has 0 aliphatic carbocycles. The average molecular weight is 275 g/mol. The summed E-state index contributed by atoms with van der Waals surface area (Å²) in [5.74, 6) is 0. The van der Waals surface area contributed by atoms with Gasteiger partial charge in [-0.1, -0.05) is 48.0 Å². The van der Waals surface area contributed by atoms with E-state index in [9.17, 15) is 0 Å². The average Bonchev–Trinajstić information content (AvgIpc) is 2.88. The Morgan fingerprint density at radius 3 is 2.55 bits per heavy atom. The van der Waals surface area contributed by atoms with Gasteiger partial charge in [-0.25, -0.2) is 4.85 Å². The Morgan fingerprint density at radius 2 is 1.85 bits per heavy atom. The van der Waals surface area contributed by atoms with Gasteiger partial charge in [0.05, 0.1) is 6.57 Å². The molecule has 2 aromatic carbocycles. The minimum absolute atomic E-state index is 0.691. The van der Waals surface area contributed by atoms with Gasteiger partial charge in [-0.2, -0.15) is 0 Å². The molecular formula is C18H13NS. The lowest BCUT2D eigenvalue weighted by atomic mass is 10.1. The maximum Gasteiger partial charge on any atom is 0.195 e. The van der Waals surface area contributed by atoms with Crippen molar-refractivity contribution in [3.05, 3.63) is 82.0 Å². The second-order valence-corrected chi connectivity index (χ2v) is 5.81. The summed E-state index contributed by atoms with van der Waals surface area (Å²) < 4.78 is 1.26. The monoisotopic (exact) mass is 275 g/mol. The maximum atomic E-state index is 7.40. The van der Waals surface area contributed by atoms with Crippen molar-refractivity contribution in [3.63, 3.8) is 0 Å². The van der Waals surface area contributed by atoms with Crippen LogP contribution in [0.25, 0.3) is 26.7 Å². The van der Waals surface area contributed by atoms with Crippen molar-refractivity contribution in [2.45, 2.75) is 6.92 Å². The SMILES string of the molecule is [C-]#[N+]/C(=C\c1cc2ccccc2s1)c1ccc(C)cc1. The van der Waals surface area contributed by atoms with Crippen LogP contribution in [0.4, 0.5) is 0 Å². The first-order chi connectivity index (χ1) is 9.76. The van der Waals surface area contributed by atoms with E-state index in [2.05, 4.69) is 30.0 Å². The van der Waals surface area contributed by atoms with Gasteiger partial charge in [0.15, 0.2) is 5.70 Å². The molecule has 0 aliphatic rings. The van der Waals surface area contributed by atoms with Crippen molar-refractivity contribution >= 4 is 33.2 Å². The van der Waals surface area contributed by atoms with Gasteiger partial charge >= 0.3 is 0 Å². The van der Waals surface area contributed by atoms with E-state index in [0.717, 1.165) is 10.4 Å². The molecule has 0 unspecified atom stereocenters. The minimum atomic E-state index is 0.691. The van der Waals surface area contributed by atoms with Crippen molar-refractivity contribution in [1.82, 2.24) is 0 Å². The molecule has 20 heavy (non-hydrogen) atoms. The second kappa shape index (κ2) is 5.32. The fourth-order valence-electron chi connectivity index (χ4n) is 2.11. The Kier molecular flexibility index (Phi) is 3.37. The summed E-state index contributed by atoms with van der Waals surface area (Å²) in [6.45, 7) is 9.45. The minimum Gasteiger partial charge on any atom is -0.237 e. The van der Waals surface area contributed by atoms with Crippen LogP contribution in [0.3, 0.4) is 0 Å². The van der Waals surface area contributed by atoms with Crippen molar-refractivity contribution in [3.8, 4) is 0 Å². The van der Waals surface area contributed by atoms with E-state index in [4.69, 9.17) is 6.57 Å². The molecule has 2 heteroatoms. The largest absolute Gasteiger partial charge is 0.237 e. The smallest absolute Gasteiger partial charge is 0.195 e. The first kappa shape index (κ1) is 12.7. The highest BCUT2D eigenvalue weighted by Crippen LogP contribution is 2.29. The lowest BCUT2D eigenvalue weighted by molar-refractivity contribution is 1.46. The zero-order valence-electron chi connectivity index (χ0n) is 11.1. The van der Waals surface area contributed by atoms with Gasteiger partial charge in [0.25, 0.3) is 0 Å². The highest BCUT2D eigenvalue weighted by molar-refractivity contribution is 7.19. The first-order valence-corrected chi connectivity index (χ1v) is 7.23. The number of aryl methyl sites for hydroxylation is 1. The van der Waals surface area contributed by atoms with Gasteiger partial charge in [-0.3, -0.25) is 0 Å². The zero-order chi connectivity index (χ0) is 13.9. The third-order valence-electron chi connectivity index (χ3n) is 3.19. The van der Waals surface area contributed by atoms with Crippen LogP contribution in [0, 0.1) is 13.5 Å². The molecule has 1 nitrogen and oxygen atoms in total. The molecule has 0 saturated heterocycles. The summed E-state index contributed by atoms with van der Waals surface area (Å²) in [6, 6.07) is 18.5. The number of benzene rings is 2. The molecule has 3 aromatic rings. The summed E-state index contributed by atoms with van der Waals surface area (Å²) in [7, 11) is 0. The molecule has 0 aliphatic heterocycles. The van der Waals surface area contributed by atoms with Crippen LogP contribution in [-0.4, -0.2) is 0 Å². The molecule has 0 N–H and O–H groups in total. The fraction of sp³-hybridized carbons (Fsp3) is 0.0556. The zero-order valence-corrected chi connectivity index (χ0v) is 11.9. The van der Waals surface area contributed by atoms with Crippen LogP contribution in [-0.2, 0) is 0 Å². The molecule has 0 atom stereocenters. The summed E-state index contributed by atoms with van der Waals surface area (Å²) in [5.41, 5.74) is 2.87. The van der Waals surface area contributed by atoms with Gasteiger partial charge in [0.2, 0.25) is 0 Å². The molecule has 0 spiro atoms. The van der Waals surface area contributed by atoms with E-state index in [1.807, 2.05) is 42.5 Å². The van der Waals surface area contributed by atoms with Crippen LogP contribution in [0.5, 0.6) is 0 Å². The first-order valence-electron chi connectivity index (χ1n) is 6.41. The van der Waals surface area contributed by atoms with Gasteiger partial charge in [0, 0.05) is 9.58 Å². The number of thiophene rings is 1. The van der Waals surface area contributed by atoms with E-state index >= 15 is 0 Å². The molecule has 0 amide bonds. The van der Waals surface area contributed by atoms with Crippen molar-refractivity contribution < 1.29 is 0 Å². The highest BCUT2D eigenvalue weighted by Gasteiger charge is 2.04. The Bertz CT molecular complexity index is 783. The fourth-order valence-corrected chi connectivity index (χ4v) is 3.11. The maximum absolute atomic E-state index is 7.40. The van der Waals surface area contributed by atoms with Gasteiger partial charge < -0.3 is 0 Å². The van der Waals surface area contributed by atoms with E-state index in [0.29, 0.717) is 5.70 Å². The summed E-state index contributed by atoms with van der Waals surface area (Å²) in [6.07, 6.45) is 1.97. The van der Waals surface area contributed by atoms with Crippen molar-refractivity contribution in [2.75, 3.05) is 0 Å². The highest BCUT2D eigenvalue weighted by atomic mass is 32.1. The third-order valence-corrected chi connectivity index (χ3v) is 4.25. The molecule has 0 fully saturated rings. The van der Waals surface area contributed by atoms with Gasteiger partial charge in [-0.15, -0.1) is 11.3 Å². The number of hydrogen-bond donors (Lipinski definition) is 0. The van der Waals surface area contributed by atoms with Crippen LogP contribution >= 0.6 is 11.3 Å². The predicted molar refractivity (Wildman–Crippen MR) is 87.5 cm³/mol. The summed E-state index contributed by atoms with van der Waals surface area (Å²) >= 11 is 1.72. The lowest BCUT2D eigenvalue weighted by Gasteiger charge is -1.99. The molecule has 1 aromatic heterocycles. The van der Waals surface area contributed by atoms with Crippen LogP contribution in [0.2, 0.25) is 0 Å². The third kappa shape index (κ3) is 2.49. The molecule has 96 valence electrons. The van der Waals surface area contributed by atoms with Gasteiger partial charge in [0.1, 0.15) is 0 Å². The topological polar surface area (TPSA) is 4.36 Å². The van der Waals surface area contributed by atoms with Crippen LogP contribution in [0.15, 0.2) is 54.6 Å². The standard InChI is InChI=1S/C18H13NS/c1-13-7-9-14(10-8-13)17(19-2)12-16-11-15-5-3-4-6-18(15)20-16/h3-12H,1H3/b17-12-. The number of nitrogens with zero attached hydrogens (tertiary/aromatic N) is 1. The van der Waals surface area contributed by atoms with E-state index < -0.39 is 0 Å². The van der Waals surface area contributed by atoms with E-state index in [1.54, 1.807) is 11.3 Å². The number of fused-ring (bicyclic) bond motifs is 1. The molecule has 3 rings (SSSR count). The normalized spacial score (nSPS) is 11.5. The Labute approximate surface area is 122 Å². The van der Waals surface area contributed by atoms with Crippen LogP contribution < -0.4 is 0 Å². The van der Waals surface area contributed by atoms with Crippen molar-refractivity contribution in [2.24, 2.45) is 0 Å². The second-order valence-electron chi connectivity index (χ2n) is 4.69. The molecule has 1 heterocycles. The Morgan fingerprint density at radius 1 is 1.10 bits per heavy atom. The molecular weight excluding hydrogens is 262 g/mol.